The third kappa shape index (κ3) is 2.55. The zero-order chi connectivity index (χ0) is 14.4. The van der Waals surface area contributed by atoms with Crippen LogP contribution in [0.25, 0.3) is 0 Å². The monoisotopic (exact) mass is 284 g/mol. The summed E-state index contributed by atoms with van der Waals surface area (Å²) >= 11 is 0. The van der Waals surface area contributed by atoms with Crippen LogP contribution in [-0.2, 0) is 16.0 Å². The molecule has 110 valence electrons. The minimum atomic E-state index is 0.117. The lowest BCUT2D eigenvalue weighted by atomic mass is 10.0. The largest absolute Gasteiger partial charge is 0.326 e. The maximum absolute atomic E-state index is 12.4. The van der Waals surface area contributed by atoms with E-state index in [9.17, 15) is 9.59 Å². The van der Waals surface area contributed by atoms with Gasteiger partial charge in [0.2, 0.25) is 11.8 Å². The van der Waals surface area contributed by atoms with Gasteiger partial charge in [0.25, 0.3) is 0 Å². The van der Waals surface area contributed by atoms with E-state index in [0.29, 0.717) is 0 Å². The zero-order valence-corrected chi connectivity index (χ0v) is 12.1. The summed E-state index contributed by atoms with van der Waals surface area (Å²) in [6.45, 7) is 0.808. The lowest BCUT2D eigenvalue weighted by molar-refractivity contribution is -0.120. The number of benzene rings is 1. The summed E-state index contributed by atoms with van der Waals surface area (Å²) in [7, 11) is 0. The molecule has 0 spiro atoms. The highest BCUT2D eigenvalue weighted by Crippen LogP contribution is 2.37. The Labute approximate surface area is 124 Å². The SMILES string of the molecule is O=C(Nc1ccc2c(c1)N(C(=O)C1CC1)CCC2)C1CC1. The van der Waals surface area contributed by atoms with Crippen molar-refractivity contribution in [2.75, 3.05) is 16.8 Å². The van der Waals surface area contributed by atoms with E-state index in [2.05, 4.69) is 11.4 Å². The van der Waals surface area contributed by atoms with Crippen LogP contribution in [-0.4, -0.2) is 18.4 Å². The summed E-state index contributed by atoms with van der Waals surface area (Å²) in [6, 6.07) is 6.00. The third-order valence-corrected chi connectivity index (χ3v) is 4.61. The molecule has 2 aliphatic carbocycles. The van der Waals surface area contributed by atoms with E-state index in [-0.39, 0.29) is 23.7 Å². The number of fused-ring (bicyclic) bond motifs is 1. The second-order valence-electron chi connectivity index (χ2n) is 6.47. The third-order valence-electron chi connectivity index (χ3n) is 4.61. The summed E-state index contributed by atoms with van der Waals surface area (Å²) in [5, 5.41) is 2.98. The van der Waals surface area contributed by atoms with Crippen molar-refractivity contribution in [3.63, 3.8) is 0 Å². The van der Waals surface area contributed by atoms with Crippen LogP contribution in [0, 0.1) is 11.8 Å². The first kappa shape index (κ1) is 12.9. The number of hydrogen-bond acceptors (Lipinski definition) is 2. The number of nitrogens with zero attached hydrogens (tertiary/aromatic N) is 1. The standard InChI is InChI=1S/C17H20N2O2/c20-16(12-3-4-12)18-14-8-7-11-2-1-9-19(15(11)10-14)17(21)13-5-6-13/h7-8,10,12-13H,1-6,9H2,(H,18,20). The van der Waals surface area contributed by atoms with Gasteiger partial charge in [-0.2, -0.15) is 0 Å². The van der Waals surface area contributed by atoms with Gasteiger partial charge in [-0.15, -0.1) is 0 Å². The molecule has 0 saturated heterocycles. The van der Waals surface area contributed by atoms with Crippen LogP contribution in [0.15, 0.2) is 18.2 Å². The van der Waals surface area contributed by atoms with Crippen molar-refractivity contribution in [1.29, 1.82) is 0 Å². The van der Waals surface area contributed by atoms with Crippen molar-refractivity contribution in [1.82, 2.24) is 0 Å². The van der Waals surface area contributed by atoms with Crippen molar-refractivity contribution >= 4 is 23.2 Å². The second kappa shape index (κ2) is 4.86. The highest BCUT2D eigenvalue weighted by molar-refractivity contribution is 5.99. The van der Waals surface area contributed by atoms with Gasteiger partial charge in [0.15, 0.2) is 0 Å². The van der Waals surface area contributed by atoms with E-state index in [1.54, 1.807) is 0 Å². The van der Waals surface area contributed by atoms with E-state index in [1.165, 1.54) is 5.56 Å². The molecule has 4 heteroatoms. The van der Waals surface area contributed by atoms with Crippen LogP contribution < -0.4 is 10.2 Å². The fraction of sp³-hybridized carbons (Fsp3) is 0.529. The summed E-state index contributed by atoms with van der Waals surface area (Å²) in [6.07, 6.45) is 6.11. The van der Waals surface area contributed by atoms with Crippen molar-refractivity contribution in [3.05, 3.63) is 23.8 Å². The highest BCUT2D eigenvalue weighted by Gasteiger charge is 2.36. The first-order chi connectivity index (χ1) is 10.2. The Bertz CT molecular complexity index is 603. The van der Waals surface area contributed by atoms with Crippen LogP contribution >= 0.6 is 0 Å². The van der Waals surface area contributed by atoms with E-state index in [4.69, 9.17) is 0 Å². The molecule has 0 unspecified atom stereocenters. The molecule has 2 fully saturated rings. The molecule has 1 aliphatic heterocycles. The van der Waals surface area contributed by atoms with Crippen molar-refractivity contribution in [3.8, 4) is 0 Å². The molecule has 0 atom stereocenters. The quantitative estimate of drug-likeness (QED) is 0.927. The van der Waals surface area contributed by atoms with Crippen molar-refractivity contribution in [2.45, 2.75) is 38.5 Å². The Morgan fingerprint density at radius 2 is 1.86 bits per heavy atom. The lowest BCUT2D eigenvalue weighted by Crippen LogP contribution is -2.36. The molecule has 4 rings (SSSR count). The predicted octanol–water partition coefficient (Wildman–Crippen LogP) is 2.72. The van der Waals surface area contributed by atoms with Crippen molar-refractivity contribution in [2.24, 2.45) is 11.8 Å². The Morgan fingerprint density at radius 1 is 1.10 bits per heavy atom. The summed E-state index contributed by atoms with van der Waals surface area (Å²) in [5.74, 6) is 0.818. The molecule has 1 aromatic rings. The topological polar surface area (TPSA) is 49.4 Å². The molecular weight excluding hydrogens is 264 g/mol. The first-order valence-electron chi connectivity index (χ1n) is 7.97. The predicted molar refractivity (Wildman–Crippen MR) is 81.2 cm³/mol. The minimum Gasteiger partial charge on any atom is -0.326 e. The molecule has 1 aromatic carbocycles. The van der Waals surface area contributed by atoms with Gasteiger partial charge in [0.05, 0.1) is 0 Å². The van der Waals surface area contributed by atoms with Crippen molar-refractivity contribution < 1.29 is 9.59 Å². The van der Waals surface area contributed by atoms with Gasteiger partial charge in [-0.05, 0) is 56.2 Å². The van der Waals surface area contributed by atoms with Gasteiger partial charge in [0.1, 0.15) is 0 Å². The molecule has 21 heavy (non-hydrogen) atoms. The Balaban J connectivity index is 1.59. The van der Waals surface area contributed by atoms with Crippen LogP contribution in [0.3, 0.4) is 0 Å². The summed E-state index contributed by atoms with van der Waals surface area (Å²) < 4.78 is 0. The average Bonchev–Trinajstić information content (AvgIpc) is 3.39. The van der Waals surface area contributed by atoms with Gasteiger partial charge in [-0.25, -0.2) is 0 Å². The van der Waals surface area contributed by atoms with E-state index < -0.39 is 0 Å². The number of rotatable bonds is 3. The van der Waals surface area contributed by atoms with Gasteiger partial charge in [-0.3, -0.25) is 9.59 Å². The fourth-order valence-electron chi connectivity index (χ4n) is 3.02. The van der Waals surface area contributed by atoms with Crippen LogP contribution in [0.1, 0.15) is 37.7 Å². The fourth-order valence-corrected chi connectivity index (χ4v) is 3.02. The summed E-state index contributed by atoms with van der Waals surface area (Å²) in [4.78, 5) is 26.2. The smallest absolute Gasteiger partial charge is 0.230 e. The molecule has 0 aromatic heterocycles. The molecule has 2 saturated carbocycles. The second-order valence-corrected chi connectivity index (χ2v) is 6.47. The molecule has 1 heterocycles. The van der Waals surface area contributed by atoms with E-state index in [1.807, 2.05) is 17.0 Å². The average molecular weight is 284 g/mol. The van der Waals surface area contributed by atoms with Crippen LogP contribution in [0.4, 0.5) is 11.4 Å². The Morgan fingerprint density at radius 3 is 2.57 bits per heavy atom. The first-order valence-corrected chi connectivity index (χ1v) is 7.97. The van der Waals surface area contributed by atoms with Gasteiger partial charge in [-0.1, -0.05) is 6.07 Å². The number of hydrogen-bond donors (Lipinski definition) is 1. The lowest BCUT2D eigenvalue weighted by Gasteiger charge is -2.30. The molecular formula is C17H20N2O2. The molecule has 3 aliphatic rings. The van der Waals surface area contributed by atoms with E-state index in [0.717, 1.165) is 56.4 Å². The van der Waals surface area contributed by atoms with E-state index >= 15 is 0 Å². The summed E-state index contributed by atoms with van der Waals surface area (Å²) in [5.41, 5.74) is 3.05. The Hall–Kier alpha value is -1.84. The number of nitrogens with one attached hydrogen (secondary N) is 1. The van der Waals surface area contributed by atoms with Crippen LogP contribution in [0.2, 0.25) is 0 Å². The maximum Gasteiger partial charge on any atom is 0.230 e. The Kier molecular flexibility index (Phi) is 2.98. The normalized spacial score (nSPS) is 20.9. The molecule has 0 bridgehead atoms. The molecule has 4 nitrogen and oxygen atoms in total. The highest BCUT2D eigenvalue weighted by atomic mass is 16.2. The zero-order valence-electron chi connectivity index (χ0n) is 12.1. The molecule has 2 amide bonds. The number of carbonyl (C=O) groups excluding carboxylic acids is 2. The number of amides is 2. The number of aryl methyl sites for hydroxylation is 1. The van der Waals surface area contributed by atoms with Gasteiger partial charge >= 0.3 is 0 Å². The maximum atomic E-state index is 12.4. The molecule has 1 N–H and O–H groups in total. The van der Waals surface area contributed by atoms with Crippen LogP contribution in [0.5, 0.6) is 0 Å². The molecule has 0 radical (unpaired) electrons. The number of carbonyl (C=O) groups is 2. The minimum absolute atomic E-state index is 0.117. The van der Waals surface area contributed by atoms with Gasteiger partial charge < -0.3 is 10.2 Å². The van der Waals surface area contributed by atoms with Gasteiger partial charge in [0, 0.05) is 29.8 Å². The number of anilines is 2.